The molecule has 3 aromatic rings. The number of nitrogens with one attached hydrogen (secondary N) is 2. The predicted octanol–water partition coefficient (Wildman–Crippen LogP) is 2.42. The average Bonchev–Trinajstić information content (AvgIpc) is 2.92. The molecule has 1 aromatic heterocycles. The zero-order valence-corrected chi connectivity index (χ0v) is 15.0. The van der Waals surface area contributed by atoms with Gasteiger partial charge < -0.3 is 4.57 Å². The van der Waals surface area contributed by atoms with Gasteiger partial charge in [0, 0.05) is 24.1 Å². The third-order valence-corrected chi connectivity index (χ3v) is 5.47. The topological polar surface area (TPSA) is 80.2 Å². The van der Waals surface area contributed by atoms with E-state index >= 15 is 0 Å². The number of benzene rings is 2. The summed E-state index contributed by atoms with van der Waals surface area (Å²) < 4.78 is 26.6. The number of hydrazine groups is 1. The third kappa shape index (κ3) is 3.29. The monoisotopic (exact) mass is 357 g/mol. The summed E-state index contributed by atoms with van der Waals surface area (Å²) in [5, 5.41) is 0.757. The second-order valence-electron chi connectivity index (χ2n) is 5.98. The summed E-state index contributed by atoms with van der Waals surface area (Å²) in [7, 11) is -2.01. The van der Waals surface area contributed by atoms with Crippen LogP contribution in [0.5, 0.6) is 0 Å². The van der Waals surface area contributed by atoms with Crippen molar-refractivity contribution in [1.82, 2.24) is 14.8 Å². The van der Waals surface area contributed by atoms with E-state index in [0.29, 0.717) is 5.56 Å². The number of sulfonamides is 1. The molecule has 0 spiro atoms. The largest absolute Gasteiger partial charge is 0.350 e. The average molecular weight is 357 g/mol. The predicted molar refractivity (Wildman–Crippen MR) is 96.6 cm³/mol. The maximum absolute atomic E-state index is 12.4. The molecule has 25 heavy (non-hydrogen) atoms. The van der Waals surface area contributed by atoms with Gasteiger partial charge in [0.1, 0.15) is 0 Å². The van der Waals surface area contributed by atoms with Crippen LogP contribution in [0.15, 0.2) is 53.6 Å². The fourth-order valence-corrected chi connectivity index (χ4v) is 3.57. The molecule has 7 heteroatoms. The molecule has 130 valence electrons. The second kappa shape index (κ2) is 6.34. The number of rotatable bonds is 4. The number of aryl methyl sites for hydroxylation is 3. The number of carbonyl (C=O) groups excluding carboxylic acids is 1. The molecule has 2 aromatic carbocycles. The number of nitrogens with zero attached hydrogens (tertiary/aromatic N) is 1. The Bertz CT molecular complexity index is 1070. The van der Waals surface area contributed by atoms with E-state index in [1.807, 2.05) is 49.7 Å². The van der Waals surface area contributed by atoms with Crippen LogP contribution in [0.4, 0.5) is 0 Å². The van der Waals surface area contributed by atoms with Crippen molar-refractivity contribution >= 4 is 26.8 Å². The highest BCUT2D eigenvalue weighted by atomic mass is 32.2. The minimum absolute atomic E-state index is 0.105. The maximum atomic E-state index is 12.4. The van der Waals surface area contributed by atoms with Crippen molar-refractivity contribution in [3.05, 3.63) is 65.4 Å². The van der Waals surface area contributed by atoms with Crippen LogP contribution < -0.4 is 10.3 Å². The van der Waals surface area contributed by atoms with E-state index in [1.54, 1.807) is 18.3 Å². The van der Waals surface area contributed by atoms with Gasteiger partial charge >= 0.3 is 0 Å². The molecule has 0 fully saturated rings. The van der Waals surface area contributed by atoms with E-state index in [1.165, 1.54) is 6.07 Å². The van der Waals surface area contributed by atoms with Crippen LogP contribution in [0.25, 0.3) is 10.9 Å². The van der Waals surface area contributed by atoms with E-state index in [9.17, 15) is 13.2 Å². The molecule has 0 saturated heterocycles. The van der Waals surface area contributed by atoms with Crippen LogP contribution in [0, 0.1) is 13.8 Å². The van der Waals surface area contributed by atoms with Crippen LogP contribution in [0.3, 0.4) is 0 Å². The Morgan fingerprint density at radius 1 is 1.04 bits per heavy atom. The lowest BCUT2D eigenvalue weighted by Gasteiger charge is -2.09. The first-order valence-corrected chi connectivity index (χ1v) is 9.21. The summed E-state index contributed by atoms with van der Waals surface area (Å²) in [4.78, 5) is 14.7. The maximum Gasteiger partial charge on any atom is 0.268 e. The van der Waals surface area contributed by atoms with Crippen LogP contribution in [0.2, 0.25) is 0 Å². The van der Waals surface area contributed by atoms with Crippen molar-refractivity contribution in [1.29, 1.82) is 0 Å². The van der Waals surface area contributed by atoms with Gasteiger partial charge in [-0.25, -0.2) is 8.42 Å². The lowest BCUT2D eigenvalue weighted by molar-refractivity contribution is 0.0946. The number of fused-ring (bicyclic) bond motifs is 1. The van der Waals surface area contributed by atoms with Crippen LogP contribution >= 0.6 is 0 Å². The van der Waals surface area contributed by atoms with Gasteiger partial charge in [0.25, 0.3) is 15.9 Å². The molecule has 1 heterocycles. The first-order valence-electron chi connectivity index (χ1n) is 7.73. The smallest absolute Gasteiger partial charge is 0.268 e. The molecule has 2 N–H and O–H groups in total. The van der Waals surface area contributed by atoms with E-state index in [0.717, 1.165) is 22.0 Å². The molecule has 0 atom stereocenters. The minimum atomic E-state index is -3.84. The zero-order chi connectivity index (χ0) is 18.2. The van der Waals surface area contributed by atoms with Gasteiger partial charge in [-0.2, -0.15) is 0 Å². The number of carbonyl (C=O) groups is 1. The Morgan fingerprint density at radius 3 is 2.48 bits per heavy atom. The number of para-hydroxylation sites is 1. The molecular weight excluding hydrogens is 338 g/mol. The van der Waals surface area contributed by atoms with Crippen molar-refractivity contribution < 1.29 is 13.2 Å². The van der Waals surface area contributed by atoms with Crippen LogP contribution in [-0.2, 0) is 17.1 Å². The van der Waals surface area contributed by atoms with Gasteiger partial charge in [0.15, 0.2) is 0 Å². The first-order chi connectivity index (χ1) is 11.8. The van der Waals surface area contributed by atoms with Crippen molar-refractivity contribution in [3.63, 3.8) is 0 Å². The lowest BCUT2D eigenvalue weighted by atomic mass is 10.1. The highest BCUT2D eigenvalue weighted by Crippen LogP contribution is 2.20. The highest BCUT2D eigenvalue weighted by Gasteiger charge is 2.18. The third-order valence-electron chi connectivity index (χ3n) is 4.23. The summed E-state index contributed by atoms with van der Waals surface area (Å²) in [5.41, 5.74) is 5.45. The van der Waals surface area contributed by atoms with Gasteiger partial charge in [0.05, 0.1) is 10.5 Å². The van der Waals surface area contributed by atoms with Gasteiger partial charge in [0.2, 0.25) is 0 Å². The van der Waals surface area contributed by atoms with Crippen molar-refractivity contribution in [3.8, 4) is 0 Å². The molecule has 0 radical (unpaired) electrons. The Kier molecular flexibility index (Phi) is 4.36. The number of aromatic nitrogens is 1. The molecule has 0 aliphatic rings. The van der Waals surface area contributed by atoms with Gasteiger partial charge in [-0.15, -0.1) is 4.83 Å². The Labute approximate surface area is 146 Å². The Hall–Kier alpha value is -2.64. The normalized spacial score (nSPS) is 11.6. The van der Waals surface area contributed by atoms with E-state index in [-0.39, 0.29) is 4.90 Å². The quantitative estimate of drug-likeness (QED) is 0.704. The van der Waals surface area contributed by atoms with Gasteiger partial charge in [-0.1, -0.05) is 24.3 Å². The molecule has 0 aliphatic carbocycles. The molecule has 0 saturated carbocycles. The van der Waals surface area contributed by atoms with E-state index in [2.05, 4.69) is 10.3 Å². The molecule has 1 amide bonds. The molecular formula is C18H19N3O3S. The molecule has 6 nitrogen and oxygen atoms in total. The fraction of sp³-hybridized carbons (Fsp3) is 0.167. The Morgan fingerprint density at radius 2 is 1.76 bits per heavy atom. The fourth-order valence-electron chi connectivity index (χ4n) is 2.64. The summed E-state index contributed by atoms with van der Waals surface area (Å²) >= 11 is 0. The summed E-state index contributed by atoms with van der Waals surface area (Å²) in [6, 6.07) is 12.2. The van der Waals surface area contributed by atoms with Gasteiger partial charge in [-0.3, -0.25) is 10.2 Å². The molecule has 3 rings (SSSR count). The van der Waals surface area contributed by atoms with Crippen LogP contribution in [0.1, 0.15) is 21.5 Å². The molecule has 0 bridgehead atoms. The summed E-state index contributed by atoms with van der Waals surface area (Å²) in [6.45, 7) is 3.74. The molecule has 0 unspecified atom stereocenters. The van der Waals surface area contributed by atoms with E-state index in [4.69, 9.17) is 0 Å². The van der Waals surface area contributed by atoms with E-state index < -0.39 is 15.9 Å². The minimum Gasteiger partial charge on any atom is -0.350 e. The number of hydrogen-bond acceptors (Lipinski definition) is 3. The number of hydrogen-bond donors (Lipinski definition) is 2. The number of amides is 1. The van der Waals surface area contributed by atoms with Gasteiger partial charge in [-0.05, 0) is 43.2 Å². The second-order valence-corrected chi connectivity index (χ2v) is 7.66. The summed E-state index contributed by atoms with van der Waals surface area (Å²) in [6.07, 6.45) is 1.67. The summed E-state index contributed by atoms with van der Waals surface area (Å²) in [5.74, 6) is -0.510. The lowest BCUT2D eigenvalue weighted by Crippen LogP contribution is -2.41. The standard InChI is InChI=1S/C18H19N3O3S/c1-12-8-9-14(10-13(12)2)25(23,24)20-19-18(22)16-11-21(3)17-7-5-4-6-15(16)17/h4-11,20H,1-3H3,(H,19,22). The molecule has 0 aliphatic heterocycles. The van der Waals surface area contributed by atoms with Crippen molar-refractivity contribution in [2.75, 3.05) is 0 Å². The first kappa shape index (κ1) is 17.2. The van der Waals surface area contributed by atoms with Crippen molar-refractivity contribution in [2.45, 2.75) is 18.7 Å². The highest BCUT2D eigenvalue weighted by molar-refractivity contribution is 7.89. The van der Waals surface area contributed by atoms with Crippen molar-refractivity contribution in [2.24, 2.45) is 7.05 Å². The van der Waals surface area contributed by atoms with Crippen LogP contribution in [-0.4, -0.2) is 18.9 Å². The SMILES string of the molecule is Cc1ccc(S(=O)(=O)NNC(=O)c2cn(C)c3ccccc23)cc1C. The Balaban J connectivity index is 1.82. The zero-order valence-electron chi connectivity index (χ0n) is 14.2.